The molecule has 1 saturated heterocycles. The highest BCUT2D eigenvalue weighted by Gasteiger charge is 2.28. The van der Waals surface area contributed by atoms with Gasteiger partial charge in [-0.15, -0.1) is 0 Å². The van der Waals surface area contributed by atoms with Gasteiger partial charge in [0.1, 0.15) is 0 Å². The highest BCUT2D eigenvalue weighted by molar-refractivity contribution is 14.1. The van der Waals surface area contributed by atoms with Gasteiger partial charge in [0.05, 0.1) is 0 Å². The summed E-state index contributed by atoms with van der Waals surface area (Å²) in [5.41, 5.74) is 2.05. The fraction of sp³-hybridized carbons (Fsp3) is 0.500. The van der Waals surface area contributed by atoms with Crippen LogP contribution in [0.5, 0.6) is 0 Å². The molecule has 2 unspecified atom stereocenters. The number of hydrogen-bond acceptors (Lipinski definition) is 2. The Morgan fingerprint density at radius 2 is 2.28 bits per heavy atom. The monoisotopic (exact) mass is 359 g/mol. The van der Waals surface area contributed by atoms with Gasteiger partial charge in [0, 0.05) is 28.4 Å². The molecular weight excluding hydrogens is 341 g/mol. The first-order chi connectivity index (χ1) is 8.59. The van der Waals surface area contributed by atoms with E-state index in [1.165, 1.54) is 3.57 Å². The van der Waals surface area contributed by atoms with Crippen molar-refractivity contribution in [3.8, 4) is 0 Å². The molecule has 0 spiro atoms. The Morgan fingerprint density at radius 1 is 1.50 bits per heavy atom. The van der Waals surface area contributed by atoms with Gasteiger partial charge in [-0.1, -0.05) is 13.0 Å². The summed E-state index contributed by atoms with van der Waals surface area (Å²) >= 11 is 2.28. The van der Waals surface area contributed by atoms with Crippen molar-refractivity contribution in [2.24, 2.45) is 11.8 Å². The molecule has 0 radical (unpaired) electrons. The predicted octanol–water partition coefficient (Wildman–Crippen LogP) is 3.21. The molecule has 1 fully saturated rings. The summed E-state index contributed by atoms with van der Waals surface area (Å²) in [6.45, 7) is 5.48. The van der Waals surface area contributed by atoms with E-state index in [9.17, 15) is 4.79 Å². The fourth-order valence-corrected chi connectivity index (χ4v) is 2.74. The average molecular weight is 359 g/mol. The summed E-state index contributed by atoms with van der Waals surface area (Å²) in [5.74, 6) is 0.480. The molecule has 98 valence electrons. The topological polar surface area (TPSA) is 38.3 Å². The van der Waals surface area contributed by atoms with Crippen LogP contribution in [0, 0.1) is 22.3 Å². The van der Waals surface area contributed by atoms with Gasteiger partial charge >= 0.3 is 0 Å². The largest absolute Gasteiger partial charge is 0.381 e. The molecule has 1 heterocycles. The number of benzene rings is 1. The second-order valence-corrected chi connectivity index (χ2v) is 6.01. The van der Waals surface area contributed by atoms with Crippen molar-refractivity contribution in [1.29, 1.82) is 0 Å². The molecule has 1 amide bonds. The van der Waals surface area contributed by atoms with Crippen LogP contribution in [0.2, 0.25) is 0 Å². The standard InChI is InChI=1S/C14H18INO2/c1-9-8-18-7-6-11(9)14(17)16-13-5-3-4-12(15)10(13)2/h3-5,9,11H,6-8H2,1-2H3,(H,16,17). The Balaban J connectivity index is 2.09. The van der Waals surface area contributed by atoms with Gasteiger partial charge in [-0.25, -0.2) is 0 Å². The molecule has 3 nitrogen and oxygen atoms in total. The van der Waals surface area contributed by atoms with Gasteiger partial charge in [-0.3, -0.25) is 4.79 Å². The molecule has 0 saturated carbocycles. The first-order valence-corrected chi connectivity index (χ1v) is 7.31. The van der Waals surface area contributed by atoms with Crippen LogP contribution in [0.1, 0.15) is 18.9 Å². The highest BCUT2D eigenvalue weighted by atomic mass is 127. The van der Waals surface area contributed by atoms with E-state index in [-0.39, 0.29) is 11.8 Å². The predicted molar refractivity (Wildman–Crippen MR) is 80.6 cm³/mol. The summed E-state index contributed by atoms with van der Waals surface area (Å²) in [6.07, 6.45) is 0.815. The Labute approximate surface area is 121 Å². The van der Waals surface area contributed by atoms with Crippen LogP contribution in [-0.2, 0) is 9.53 Å². The number of rotatable bonds is 2. The number of carbonyl (C=O) groups excluding carboxylic acids is 1. The lowest BCUT2D eigenvalue weighted by atomic mass is 9.89. The molecule has 1 aromatic carbocycles. The van der Waals surface area contributed by atoms with Crippen molar-refractivity contribution in [1.82, 2.24) is 0 Å². The van der Waals surface area contributed by atoms with Crippen LogP contribution in [0.25, 0.3) is 0 Å². The quantitative estimate of drug-likeness (QED) is 0.824. The van der Waals surface area contributed by atoms with Gasteiger partial charge in [-0.05, 0) is 59.5 Å². The second kappa shape index (κ2) is 6.02. The van der Waals surface area contributed by atoms with Crippen molar-refractivity contribution >= 4 is 34.2 Å². The number of nitrogens with one attached hydrogen (secondary N) is 1. The lowest BCUT2D eigenvalue weighted by Crippen LogP contribution is -2.35. The summed E-state index contributed by atoms with van der Waals surface area (Å²) in [7, 11) is 0. The van der Waals surface area contributed by atoms with E-state index in [1.54, 1.807) is 0 Å². The summed E-state index contributed by atoms with van der Waals surface area (Å²) in [5, 5.41) is 3.05. The Kier molecular flexibility index (Phi) is 4.61. The Hall–Kier alpha value is -0.620. The number of halogens is 1. The lowest BCUT2D eigenvalue weighted by molar-refractivity contribution is -0.125. The number of ether oxygens (including phenoxy) is 1. The Morgan fingerprint density at radius 3 is 3.00 bits per heavy atom. The smallest absolute Gasteiger partial charge is 0.227 e. The van der Waals surface area contributed by atoms with Gasteiger partial charge in [0.25, 0.3) is 0 Å². The van der Waals surface area contributed by atoms with E-state index >= 15 is 0 Å². The molecule has 1 aromatic rings. The SMILES string of the molecule is Cc1c(I)cccc1NC(=O)C1CCOCC1C. The van der Waals surface area contributed by atoms with Crippen LogP contribution < -0.4 is 5.32 Å². The van der Waals surface area contributed by atoms with Gasteiger partial charge in [-0.2, -0.15) is 0 Å². The maximum atomic E-state index is 12.3. The molecular formula is C14H18INO2. The van der Waals surface area contributed by atoms with Crippen molar-refractivity contribution in [2.45, 2.75) is 20.3 Å². The van der Waals surface area contributed by atoms with Crippen LogP contribution in [0.4, 0.5) is 5.69 Å². The molecule has 2 atom stereocenters. The van der Waals surface area contributed by atoms with Gasteiger partial charge < -0.3 is 10.1 Å². The normalized spacial score (nSPS) is 23.7. The Bertz CT molecular complexity index is 447. The number of hydrogen-bond donors (Lipinski definition) is 1. The lowest BCUT2D eigenvalue weighted by Gasteiger charge is -2.28. The third-order valence-electron chi connectivity index (χ3n) is 3.50. The van der Waals surface area contributed by atoms with Crippen LogP contribution >= 0.6 is 22.6 Å². The zero-order valence-corrected chi connectivity index (χ0v) is 12.9. The molecule has 4 heteroatoms. The third-order valence-corrected chi connectivity index (χ3v) is 4.67. The number of carbonyl (C=O) groups is 1. The fourth-order valence-electron chi connectivity index (χ4n) is 2.24. The maximum absolute atomic E-state index is 12.3. The van der Waals surface area contributed by atoms with Crippen molar-refractivity contribution < 1.29 is 9.53 Å². The molecule has 18 heavy (non-hydrogen) atoms. The van der Waals surface area contributed by atoms with E-state index in [2.05, 4.69) is 34.8 Å². The first kappa shape index (κ1) is 13.8. The number of amides is 1. The highest BCUT2D eigenvalue weighted by Crippen LogP contribution is 2.25. The van der Waals surface area contributed by atoms with E-state index < -0.39 is 0 Å². The van der Waals surface area contributed by atoms with Gasteiger partial charge in [0.15, 0.2) is 0 Å². The van der Waals surface area contributed by atoms with Gasteiger partial charge in [0.2, 0.25) is 5.91 Å². The minimum atomic E-state index is 0.0658. The van der Waals surface area contributed by atoms with Crippen LogP contribution in [0.3, 0.4) is 0 Å². The molecule has 1 aliphatic rings. The summed E-state index contributed by atoms with van der Waals surface area (Å²) in [6, 6.07) is 5.97. The molecule has 0 bridgehead atoms. The number of anilines is 1. The molecule has 1 N–H and O–H groups in total. The zero-order chi connectivity index (χ0) is 13.1. The van der Waals surface area contributed by atoms with E-state index in [0.717, 1.165) is 17.7 Å². The van der Waals surface area contributed by atoms with E-state index in [1.807, 2.05) is 25.1 Å². The summed E-state index contributed by atoms with van der Waals surface area (Å²) < 4.78 is 6.55. The van der Waals surface area contributed by atoms with Crippen molar-refractivity contribution in [3.05, 3.63) is 27.3 Å². The minimum Gasteiger partial charge on any atom is -0.381 e. The maximum Gasteiger partial charge on any atom is 0.227 e. The third kappa shape index (κ3) is 3.03. The van der Waals surface area contributed by atoms with Crippen molar-refractivity contribution in [3.63, 3.8) is 0 Å². The van der Waals surface area contributed by atoms with Crippen LogP contribution in [-0.4, -0.2) is 19.1 Å². The van der Waals surface area contributed by atoms with E-state index in [0.29, 0.717) is 19.1 Å². The second-order valence-electron chi connectivity index (χ2n) is 4.85. The molecule has 0 aromatic heterocycles. The minimum absolute atomic E-state index is 0.0658. The summed E-state index contributed by atoms with van der Waals surface area (Å²) in [4.78, 5) is 12.3. The van der Waals surface area contributed by atoms with E-state index in [4.69, 9.17) is 4.74 Å². The zero-order valence-electron chi connectivity index (χ0n) is 10.7. The molecule has 0 aliphatic carbocycles. The van der Waals surface area contributed by atoms with Crippen LogP contribution in [0.15, 0.2) is 18.2 Å². The molecule has 1 aliphatic heterocycles. The first-order valence-electron chi connectivity index (χ1n) is 6.23. The van der Waals surface area contributed by atoms with Crippen molar-refractivity contribution in [2.75, 3.05) is 18.5 Å². The average Bonchev–Trinajstić information content (AvgIpc) is 2.35. The molecule has 2 rings (SSSR count).